The van der Waals surface area contributed by atoms with E-state index >= 15 is 0 Å². The number of nitrogens with zero attached hydrogens (tertiary/aromatic N) is 1. The Morgan fingerprint density at radius 3 is 2.70 bits per heavy atom. The Balaban J connectivity index is 2.78. The summed E-state index contributed by atoms with van der Waals surface area (Å²) in [4.78, 5) is 10.8. The second-order valence-electron chi connectivity index (χ2n) is 4.89. The van der Waals surface area contributed by atoms with Crippen LogP contribution >= 0.6 is 0 Å². The van der Waals surface area contributed by atoms with Crippen molar-refractivity contribution >= 4 is 11.4 Å². The Hall–Kier alpha value is -1.78. The first-order chi connectivity index (χ1) is 9.63. The van der Waals surface area contributed by atoms with Gasteiger partial charge in [-0.05, 0) is 24.5 Å². The molecule has 1 unspecified atom stereocenters. The number of para-hydroxylation sites is 1. The van der Waals surface area contributed by atoms with Gasteiger partial charge in [0.1, 0.15) is 5.69 Å². The van der Waals surface area contributed by atoms with Crippen LogP contribution in [0.4, 0.5) is 11.4 Å². The number of ether oxygens (including phenoxy) is 1. The summed E-state index contributed by atoms with van der Waals surface area (Å²) in [7, 11) is 1.67. The highest BCUT2D eigenvalue weighted by molar-refractivity contribution is 5.68. The molecule has 0 bridgehead atoms. The number of benzene rings is 1. The third kappa shape index (κ3) is 4.40. The van der Waals surface area contributed by atoms with E-state index in [9.17, 15) is 10.1 Å². The van der Waals surface area contributed by atoms with Crippen LogP contribution in [0.15, 0.2) is 18.2 Å². The van der Waals surface area contributed by atoms with Gasteiger partial charge in [0.2, 0.25) is 0 Å². The van der Waals surface area contributed by atoms with Crippen LogP contribution in [0.3, 0.4) is 0 Å². The minimum Gasteiger partial charge on any atom is -0.486 e. The van der Waals surface area contributed by atoms with Gasteiger partial charge in [-0.15, -0.1) is 0 Å². The van der Waals surface area contributed by atoms with Crippen molar-refractivity contribution in [2.45, 2.75) is 39.5 Å². The van der Waals surface area contributed by atoms with E-state index < -0.39 is 4.92 Å². The Bertz CT molecular complexity index is 435. The summed E-state index contributed by atoms with van der Waals surface area (Å²) < 4.78 is 5.71. The molecule has 112 valence electrons. The first-order valence-electron chi connectivity index (χ1n) is 7.21. The molecule has 1 aromatic carbocycles. The molecule has 0 aliphatic carbocycles. The van der Waals surface area contributed by atoms with E-state index in [1.807, 2.05) is 0 Å². The minimum absolute atomic E-state index is 0.0142. The molecule has 0 saturated carbocycles. The summed E-state index contributed by atoms with van der Waals surface area (Å²) in [6.45, 7) is 4.82. The van der Waals surface area contributed by atoms with Gasteiger partial charge in [0.05, 0.1) is 11.5 Å². The fraction of sp³-hybridized carbons (Fsp3) is 0.600. The summed E-state index contributed by atoms with van der Waals surface area (Å²) in [5, 5.41) is 14.0. The largest absolute Gasteiger partial charge is 0.486 e. The highest BCUT2D eigenvalue weighted by Crippen LogP contribution is 2.34. The minimum atomic E-state index is -0.395. The van der Waals surface area contributed by atoms with Gasteiger partial charge < -0.3 is 10.1 Å². The number of nitrogens with one attached hydrogen (secondary N) is 1. The quantitative estimate of drug-likeness (QED) is 0.543. The molecule has 0 radical (unpaired) electrons. The zero-order valence-electron chi connectivity index (χ0n) is 12.5. The van der Waals surface area contributed by atoms with Gasteiger partial charge in [-0.3, -0.25) is 10.1 Å². The number of nitro groups is 1. The average Bonchev–Trinajstić information content (AvgIpc) is 2.46. The molecule has 1 aromatic rings. The van der Waals surface area contributed by atoms with Crippen molar-refractivity contribution in [1.29, 1.82) is 0 Å². The molecule has 0 saturated heterocycles. The van der Waals surface area contributed by atoms with Crippen molar-refractivity contribution < 1.29 is 9.66 Å². The fourth-order valence-corrected chi connectivity index (χ4v) is 2.13. The molecule has 0 heterocycles. The Labute approximate surface area is 120 Å². The molecule has 0 aliphatic rings. The van der Waals surface area contributed by atoms with Crippen LogP contribution in [-0.2, 0) is 0 Å². The van der Waals surface area contributed by atoms with Crippen LogP contribution in [0, 0.1) is 16.0 Å². The van der Waals surface area contributed by atoms with Crippen LogP contribution in [0.2, 0.25) is 0 Å². The molecular formula is C15H24N2O3. The van der Waals surface area contributed by atoms with Crippen LogP contribution in [0.1, 0.15) is 39.5 Å². The number of nitro benzene ring substituents is 1. The van der Waals surface area contributed by atoms with Crippen molar-refractivity contribution in [2.75, 3.05) is 19.0 Å². The zero-order chi connectivity index (χ0) is 15.0. The molecule has 0 aliphatic heterocycles. The van der Waals surface area contributed by atoms with Gasteiger partial charge >= 0.3 is 5.69 Å². The molecule has 0 spiro atoms. The number of hydrogen-bond donors (Lipinski definition) is 1. The van der Waals surface area contributed by atoms with E-state index in [4.69, 9.17) is 4.74 Å². The lowest BCUT2D eigenvalue weighted by Gasteiger charge is -2.16. The monoisotopic (exact) mass is 280 g/mol. The lowest BCUT2D eigenvalue weighted by molar-refractivity contribution is -0.385. The van der Waals surface area contributed by atoms with Gasteiger partial charge in [-0.2, -0.15) is 0 Å². The molecule has 5 nitrogen and oxygen atoms in total. The second-order valence-corrected chi connectivity index (χ2v) is 4.89. The van der Waals surface area contributed by atoms with Crippen LogP contribution in [0.5, 0.6) is 5.75 Å². The molecule has 5 heteroatoms. The van der Waals surface area contributed by atoms with E-state index in [-0.39, 0.29) is 5.69 Å². The predicted octanol–water partition coefficient (Wildman–Crippen LogP) is 4.23. The number of rotatable bonds is 9. The van der Waals surface area contributed by atoms with Gasteiger partial charge in [0, 0.05) is 7.05 Å². The standard InChI is InChI=1S/C15H24N2O3/c1-4-6-8-12(5-2)11-20-14-10-7-9-13(16-3)15(14)17(18)19/h7,9-10,12,16H,4-6,8,11H2,1-3H3. The lowest BCUT2D eigenvalue weighted by atomic mass is 10.0. The number of anilines is 1. The van der Waals surface area contributed by atoms with Crippen LogP contribution in [0.25, 0.3) is 0 Å². The highest BCUT2D eigenvalue weighted by atomic mass is 16.6. The Morgan fingerprint density at radius 1 is 1.40 bits per heavy atom. The third-order valence-corrected chi connectivity index (χ3v) is 3.47. The molecule has 0 aromatic heterocycles. The topological polar surface area (TPSA) is 64.4 Å². The van der Waals surface area contributed by atoms with Crippen molar-refractivity contribution in [3.63, 3.8) is 0 Å². The van der Waals surface area contributed by atoms with Gasteiger partial charge in [-0.1, -0.05) is 39.2 Å². The summed E-state index contributed by atoms with van der Waals surface area (Å²) in [6, 6.07) is 5.10. The maximum atomic E-state index is 11.2. The first-order valence-corrected chi connectivity index (χ1v) is 7.21. The summed E-state index contributed by atoms with van der Waals surface area (Å²) >= 11 is 0. The summed E-state index contributed by atoms with van der Waals surface area (Å²) in [6.07, 6.45) is 4.46. The Kier molecular flexibility index (Phi) is 6.84. The van der Waals surface area contributed by atoms with Crippen molar-refractivity contribution in [3.8, 4) is 5.75 Å². The molecule has 1 rings (SSSR count). The smallest absolute Gasteiger partial charge is 0.333 e. The van der Waals surface area contributed by atoms with Crippen molar-refractivity contribution in [1.82, 2.24) is 0 Å². The van der Waals surface area contributed by atoms with Gasteiger partial charge in [-0.25, -0.2) is 0 Å². The lowest BCUT2D eigenvalue weighted by Crippen LogP contribution is -2.12. The second kappa shape index (κ2) is 8.40. The zero-order valence-corrected chi connectivity index (χ0v) is 12.5. The number of hydrogen-bond acceptors (Lipinski definition) is 4. The predicted molar refractivity (Wildman–Crippen MR) is 81.4 cm³/mol. The molecule has 0 fully saturated rings. The molecular weight excluding hydrogens is 256 g/mol. The van der Waals surface area contributed by atoms with E-state index in [1.165, 1.54) is 6.42 Å². The molecule has 1 N–H and O–H groups in total. The van der Waals surface area contributed by atoms with Crippen LogP contribution in [-0.4, -0.2) is 18.6 Å². The Morgan fingerprint density at radius 2 is 2.15 bits per heavy atom. The van der Waals surface area contributed by atoms with E-state index in [0.29, 0.717) is 24.0 Å². The molecule has 1 atom stereocenters. The molecule has 0 amide bonds. The third-order valence-electron chi connectivity index (χ3n) is 3.47. The summed E-state index contributed by atoms with van der Waals surface area (Å²) in [5.41, 5.74) is 0.495. The van der Waals surface area contributed by atoms with Crippen LogP contribution < -0.4 is 10.1 Å². The van der Waals surface area contributed by atoms with E-state index in [2.05, 4.69) is 19.2 Å². The fourth-order valence-electron chi connectivity index (χ4n) is 2.13. The maximum Gasteiger partial charge on any atom is 0.333 e. The highest BCUT2D eigenvalue weighted by Gasteiger charge is 2.21. The van der Waals surface area contributed by atoms with E-state index in [0.717, 1.165) is 19.3 Å². The van der Waals surface area contributed by atoms with Crippen molar-refractivity contribution in [3.05, 3.63) is 28.3 Å². The van der Waals surface area contributed by atoms with Gasteiger partial charge in [0.25, 0.3) is 0 Å². The normalized spacial score (nSPS) is 11.9. The summed E-state index contributed by atoms with van der Waals surface area (Å²) in [5.74, 6) is 0.796. The number of unbranched alkanes of at least 4 members (excludes halogenated alkanes) is 1. The van der Waals surface area contributed by atoms with E-state index in [1.54, 1.807) is 25.2 Å². The maximum absolute atomic E-state index is 11.2. The SMILES string of the molecule is CCCCC(CC)COc1cccc(NC)c1[N+](=O)[O-]. The molecule has 20 heavy (non-hydrogen) atoms. The van der Waals surface area contributed by atoms with Crippen molar-refractivity contribution in [2.24, 2.45) is 5.92 Å². The average molecular weight is 280 g/mol. The van der Waals surface area contributed by atoms with Gasteiger partial charge in [0.15, 0.2) is 5.75 Å². The first kappa shape index (κ1) is 16.3.